The summed E-state index contributed by atoms with van der Waals surface area (Å²) in [5, 5.41) is 11.0. The molecule has 38 heavy (non-hydrogen) atoms. The SMILES string of the molecule is C=C/C(=C\C(=C/C)c1ccc2[nH]nc(-c3nc4c(-c5cccc(F)c5)cccc4[nH]3)c2n1)NC(=C)C1CC1. The summed E-state index contributed by atoms with van der Waals surface area (Å²) in [5.41, 5.74) is 8.97. The Labute approximate surface area is 219 Å². The van der Waals surface area contributed by atoms with Gasteiger partial charge in [0.1, 0.15) is 11.3 Å². The van der Waals surface area contributed by atoms with E-state index >= 15 is 0 Å². The molecule has 0 saturated heterocycles. The smallest absolute Gasteiger partial charge is 0.161 e. The Bertz CT molecular complexity index is 1770. The molecular formula is C31H27FN6. The number of aromatic nitrogens is 5. The van der Waals surface area contributed by atoms with Crippen LogP contribution in [0, 0.1) is 11.7 Å². The number of imidazole rings is 1. The zero-order chi connectivity index (χ0) is 26.2. The van der Waals surface area contributed by atoms with Gasteiger partial charge < -0.3 is 10.3 Å². The van der Waals surface area contributed by atoms with Crippen molar-refractivity contribution < 1.29 is 4.39 Å². The number of benzene rings is 2. The first-order valence-corrected chi connectivity index (χ1v) is 12.6. The molecule has 0 aliphatic heterocycles. The molecule has 1 aliphatic carbocycles. The highest BCUT2D eigenvalue weighted by molar-refractivity contribution is 5.96. The van der Waals surface area contributed by atoms with Gasteiger partial charge in [0, 0.05) is 17.0 Å². The number of nitrogens with zero attached hydrogens (tertiary/aromatic N) is 3. The average Bonchev–Trinajstić information content (AvgIpc) is 3.56. The van der Waals surface area contributed by atoms with Crippen LogP contribution in [0.25, 0.3) is 50.3 Å². The molecule has 0 bridgehead atoms. The fourth-order valence-corrected chi connectivity index (χ4v) is 4.60. The van der Waals surface area contributed by atoms with E-state index < -0.39 is 0 Å². The Kier molecular flexibility index (Phi) is 5.96. The molecule has 3 heterocycles. The van der Waals surface area contributed by atoms with Gasteiger partial charge in [-0.3, -0.25) is 5.10 Å². The third-order valence-electron chi connectivity index (χ3n) is 6.79. The Morgan fingerprint density at radius 3 is 2.66 bits per heavy atom. The van der Waals surface area contributed by atoms with Crippen molar-refractivity contribution in [3.05, 3.63) is 109 Å². The summed E-state index contributed by atoms with van der Waals surface area (Å²) in [5.74, 6) is 0.845. The van der Waals surface area contributed by atoms with Gasteiger partial charge in [-0.05, 0) is 79.3 Å². The summed E-state index contributed by atoms with van der Waals surface area (Å²) >= 11 is 0. The molecule has 188 valence electrons. The third kappa shape index (κ3) is 4.43. The van der Waals surface area contributed by atoms with Crippen molar-refractivity contribution in [2.24, 2.45) is 5.92 Å². The molecule has 1 saturated carbocycles. The number of halogens is 1. The molecule has 0 atom stereocenters. The molecule has 3 N–H and O–H groups in total. The first-order chi connectivity index (χ1) is 18.5. The van der Waals surface area contributed by atoms with Crippen molar-refractivity contribution >= 4 is 27.6 Å². The fraction of sp³-hybridized carbons (Fsp3) is 0.129. The third-order valence-corrected chi connectivity index (χ3v) is 6.79. The molecule has 1 aliphatic rings. The van der Waals surface area contributed by atoms with E-state index in [0.717, 1.165) is 50.3 Å². The lowest BCUT2D eigenvalue weighted by atomic mass is 10.0. The van der Waals surface area contributed by atoms with E-state index in [0.29, 0.717) is 23.0 Å². The van der Waals surface area contributed by atoms with Gasteiger partial charge in [-0.2, -0.15) is 5.10 Å². The molecule has 0 unspecified atom stereocenters. The molecule has 0 radical (unpaired) electrons. The minimum absolute atomic E-state index is 0.286. The summed E-state index contributed by atoms with van der Waals surface area (Å²) in [6.07, 6.45) is 8.20. The average molecular weight is 503 g/mol. The summed E-state index contributed by atoms with van der Waals surface area (Å²) in [4.78, 5) is 13.2. The topological polar surface area (TPSA) is 82.3 Å². The fourth-order valence-electron chi connectivity index (χ4n) is 4.60. The Balaban J connectivity index is 1.39. The van der Waals surface area contributed by atoms with Crippen LogP contribution in [0.1, 0.15) is 25.5 Å². The molecule has 6 rings (SSSR count). The summed E-state index contributed by atoms with van der Waals surface area (Å²) in [7, 11) is 0. The van der Waals surface area contributed by atoms with Crippen LogP contribution in [-0.4, -0.2) is 25.1 Å². The summed E-state index contributed by atoms with van der Waals surface area (Å²) < 4.78 is 13.9. The van der Waals surface area contributed by atoms with Crippen LogP contribution in [0.5, 0.6) is 0 Å². The highest BCUT2D eigenvalue weighted by Crippen LogP contribution is 2.35. The maximum Gasteiger partial charge on any atom is 0.161 e. The lowest BCUT2D eigenvalue weighted by molar-refractivity contribution is 0.628. The van der Waals surface area contributed by atoms with Crippen molar-refractivity contribution in [2.75, 3.05) is 0 Å². The second-order valence-electron chi connectivity index (χ2n) is 9.43. The van der Waals surface area contributed by atoms with Crippen LogP contribution in [0.3, 0.4) is 0 Å². The molecule has 0 spiro atoms. The van der Waals surface area contributed by atoms with Crippen LogP contribution in [0.4, 0.5) is 4.39 Å². The van der Waals surface area contributed by atoms with Gasteiger partial charge in [0.25, 0.3) is 0 Å². The number of hydrogen-bond donors (Lipinski definition) is 3. The van der Waals surface area contributed by atoms with Crippen LogP contribution >= 0.6 is 0 Å². The molecule has 3 aromatic heterocycles. The van der Waals surface area contributed by atoms with Crippen molar-refractivity contribution in [1.29, 1.82) is 0 Å². The number of fused-ring (bicyclic) bond motifs is 2. The second kappa shape index (κ2) is 9.59. The number of hydrogen-bond acceptors (Lipinski definition) is 4. The Morgan fingerprint density at radius 2 is 1.89 bits per heavy atom. The van der Waals surface area contributed by atoms with E-state index in [1.54, 1.807) is 12.1 Å². The van der Waals surface area contributed by atoms with Crippen LogP contribution in [-0.2, 0) is 0 Å². The van der Waals surface area contributed by atoms with E-state index in [-0.39, 0.29) is 5.82 Å². The quantitative estimate of drug-likeness (QED) is 0.195. The van der Waals surface area contributed by atoms with Gasteiger partial charge in [-0.1, -0.05) is 43.5 Å². The molecule has 2 aromatic carbocycles. The molecule has 7 heteroatoms. The van der Waals surface area contributed by atoms with Crippen molar-refractivity contribution in [3.63, 3.8) is 0 Å². The zero-order valence-corrected chi connectivity index (χ0v) is 21.1. The van der Waals surface area contributed by atoms with Gasteiger partial charge in [0.15, 0.2) is 11.5 Å². The number of para-hydroxylation sites is 1. The Morgan fingerprint density at radius 1 is 1.05 bits per heavy atom. The van der Waals surface area contributed by atoms with E-state index in [9.17, 15) is 4.39 Å². The minimum Gasteiger partial charge on any atom is -0.359 e. The van der Waals surface area contributed by atoms with Crippen molar-refractivity contribution in [1.82, 2.24) is 30.5 Å². The monoisotopic (exact) mass is 502 g/mol. The Hall–Kier alpha value is -4.78. The predicted molar refractivity (Wildman–Crippen MR) is 151 cm³/mol. The first kappa shape index (κ1) is 23.6. The normalized spacial score (nSPS) is 14.3. The zero-order valence-electron chi connectivity index (χ0n) is 21.1. The number of allylic oxidation sites excluding steroid dienone is 5. The second-order valence-corrected chi connectivity index (χ2v) is 9.43. The summed E-state index contributed by atoms with van der Waals surface area (Å²) in [6, 6.07) is 16.3. The maximum absolute atomic E-state index is 13.9. The largest absolute Gasteiger partial charge is 0.359 e. The van der Waals surface area contributed by atoms with E-state index in [4.69, 9.17) is 9.97 Å². The van der Waals surface area contributed by atoms with E-state index in [1.165, 1.54) is 25.0 Å². The van der Waals surface area contributed by atoms with Crippen LogP contribution < -0.4 is 5.32 Å². The van der Waals surface area contributed by atoms with Gasteiger partial charge in [-0.25, -0.2) is 14.4 Å². The molecule has 5 aromatic rings. The minimum atomic E-state index is -0.286. The predicted octanol–water partition coefficient (Wildman–Crippen LogP) is 7.29. The molecular weight excluding hydrogens is 475 g/mol. The molecule has 6 nitrogen and oxygen atoms in total. The van der Waals surface area contributed by atoms with E-state index in [2.05, 4.69) is 33.7 Å². The summed E-state index contributed by atoms with van der Waals surface area (Å²) in [6.45, 7) is 10.1. The van der Waals surface area contributed by atoms with E-state index in [1.807, 2.05) is 55.5 Å². The van der Waals surface area contributed by atoms with Crippen LogP contribution in [0.15, 0.2) is 97.4 Å². The number of pyridine rings is 1. The van der Waals surface area contributed by atoms with Gasteiger partial charge >= 0.3 is 0 Å². The molecule has 0 amide bonds. The number of aromatic amines is 2. The van der Waals surface area contributed by atoms with Crippen molar-refractivity contribution in [2.45, 2.75) is 19.8 Å². The van der Waals surface area contributed by atoms with Crippen molar-refractivity contribution in [3.8, 4) is 22.6 Å². The number of nitrogens with one attached hydrogen (secondary N) is 3. The number of H-pyrrole nitrogens is 2. The first-order valence-electron chi connectivity index (χ1n) is 12.6. The maximum atomic E-state index is 13.9. The lowest BCUT2D eigenvalue weighted by Crippen LogP contribution is -2.11. The van der Waals surface area contributed by atoms with Gasteiger partial charge in [-0.15, -0.1) is 0 Å². The highest BCUT2D eigenvalue weighted by atomic mass is 19.1. The lowest BCUT2D eigenvalue weighted by Gasteiger charge is -2.11. The van der Waals surface area contributed by atoms with Gasteiger partial charge in [0.2, 0.25) is 0 Å². The molecule has 1 fully saturated rings. The van der Waals surface area contributed by atoms with Gasteiger partial charge in [0.05, 0.1) is 22.2 Å². The standard InChI is InChI=1S/C31H27FN6/c1-4-19(17-23(5-2)33-18(3)20-12-13-20)25-14-15-27-29(34-25)30(38-37-27)31-35-26-11-7-10-24(28(26)36-31)21-8-6-9-22(32)16-21/h4-11,14-17,20,33H,2-3,12-13H2,1H3,(H,35,36)(H,37,38)/b19-4+,23-17+. The highest BCUT2D eigenvalue weighted by Gasteiger charge is 2.24. The van der Waals surface area contributed by atoms with Crippen LogP contribution in [0.2, 0.25) is 0 Å². The number of rotatable bonds is 8.